The quantitative estimate of drug-likeness (QED) is 0.732. The van der Waals surface area contributed by atoms with Gasteiger partial charge in [-0.2, -0.15) is 5.10 Å². The fraction of sp³-hybridized carbons (Fsp3) is 0.278. The second kappa shape index (κ2) is 7.12. The highest BCUT2D eigenvalue weighted by Crippen LogP contribution is 2.16. The van der Waals surface area contributed by atoms with Gasteiger partial charge in [0, 0.05) is 23.8 Å². The minimum atomic E-state index is -0.167. The van der Waals surface area contributed by atoms with E-state index in [0.29, 0.717) is 5.69 Å². The molecule has 0 fully saturated rings. The summed E-state index contributed by atoms with van der Waals surface area (Å²) in [6.45, 7) is 4.06. The maximum absolute atomic E-state index is 12.3. The van der Waals surface area contributed by atoms with E-state index in [-0.39, 0.29) is 11.9 Å². The highest BCUT2D eigenvalue weighted by atomic mass is 16.2. The summed E-state index contributed by atoms with van der Waals surface area (Å²) in [7, 11) is 0. The van der Waals surface area contributed by atoms with Gasteiger partial charge in [-0.15, -0.1) is 0 Å². The van der Waals surface area contributed by atoms with E-state index >= 15 is 0 Å². The number of carbonyl (C=O) groups excluding carboxylic acids is 1. The van der Waals surface area contributed by atoms with E-state index in [0.717, 1.165) is 29.8 Å². The Labute approximate surface area is 140 Å². The van der Waals surface area contributed by atoms with E-state index < -0.39 is 0 Å². The topological polar surface area (TPSA) is 75.6 Å². The average Bonchev–Trinajstić information content (AvgIpc) is 3.27. The molecule has 0 aliphatic heterocycles. The third kappa shape index (κ3) is 3.53. The molecule has 0 saturated carbocycles. The van der Waals surface area contributed by atoms with Crippen molar-refractivity contribution in [2.45, 2.75) is 32.7 Å². The number of aromatic nitrogens is 4. The summed E-state index contributed by atoms with van der Waals surface area (Å²) < 4.78 is 1.94. The molecule has 2 heterocycles. The minimum Gasteiger partial charge on any atom is -0.344 e. The normalized spacial score (nSPS) is 12.1. The lowest BCUT2D eigenvalue weighted by atomic mass is 10.1. The Morgan fingerprint density at radius 2 is 2.12 bits per heavy atom. The van der Waals surface area contributed by atoms with Crippen molar-refractivity contribution in [3.8, 4) is 5.69 Å². The molecule has 6 heteroatoms. The zero-order valence-corrected chi connectivity index (χ0v) is 13.9. The summed E-state index contributed by atoms with van der Waals surface area (Å²) in [5, 5.41) is 9.97. The highest BCUT2D eigenvalue weighted by Gasteiger charge is 2.14. The van der Waals surface area contributed by atoms with Gasteiger partial charge in [-0.1, -0.05) is 25.5 Å². The third-order valence-corrected chi connectivity index (χ3v) is 3.93. The second-order valence-electron chi connectivity index (χ2n) is 5.79. The van der Waals surface area contributed by atoms with Crippen LogP contribution < -0.4 is 5.32 Å². The van der Waals surface area contributed by atoms with Gasteiger partial charge in [0.2, 0.25) is 0 Å². The van der Waals surface area contributed by atoms with Gasteiger partial charge in [-0.25, -0.2) is 4.98 Å². The Morgan fingerprint density at radius 3 is 2.79 bits per heavy atom. The molecule has 2 N–H and O–H groups in total. The van der Waals surface area contributed by atoms with Gasteiger partial charge >= 0.3 is 0 Å². The number of carbonyl (C=O) groups is 1. The number of H-pyrrole nitrogens is 1. The molecular weight excluding hydrogens is 302 g/mol. The molecule has 2 aromatic heterocycles. The van der Waals surface area contributed by atoms with E-state index in [4.69, 9.17) is 0 Å². The Kier molecular flexibility index (Phi) is 4.74. The van der Waals surface area contributed by atoms with Crippen LogP contribution in [0.2, 0.25) is 0 Å². The summed E-state index contributed by atoms with van der Waals surface area (Å²) in [6.07, 6.45) is 7.30. The number of amides is 1. The molecule has 0 radical (unpaired) electrons. The highest BCUT2D eigenvalue weighted by molar-refractivity contribution is 5.92. The Hall–Kier alpha value is -2.89. The number of nitrogens with one attached hydrogen (secondary N) is 2. The fourth-order valence-electron chi connectivity index (χ4n) is 2.58. The van der Waals surface area contributed by atoms with Crippen LogP contribution >= 0.6 is 0 Å². The van der Waals surface area contributed by atoms with Crippen molar-refractivity contribution >= 4 is 5.91 Å². The van der Waals surface area contributed by atoms with Gasteiger partial charge in [-0.05, 0) is 37.1 Å². The Bertz CT molecular complexity index is 789. The van der Waals surface area contributed by atoms with Gasteiger partial charge in [0.15, 0.2) is 0 Å². The van der Waals surface area contributed by atoms with Crippen LogP contribution in [0.4, 0.5) is 0 Å². The molecule has 0 unspecified atom stereocenters. The largest absolute Gasteiger partial charge is 0.344 e. The van der Waals surface area contributed by atoms with E-state index in [1.165, 1.54) is 0 Å². The maximum atomic E-state index is 12.3. The van der Waals surface area contributed by atoms with Crippen molar-refractivity contribution in [3.05, 3.63) is 66.0 Å². The van der Waals surface area contributed by atoms with Crippen LogP contribution in [0.3, 0.4) is 0 Å². The van der Waals surface area contributed by atoms with Gasteiger partial charge in [-0.3, -0.25) is 9.89 Å². The predicted molar refractivity (Wildman–Crippen MR) is 92.0 cm³/mol. The zero-order valence-electron chi connectivity index (χ0n) is 13.9. The summed E-state index contributed by atoms with van der Waals surface area (Å²) in [5.41, 5.74) is 3.49. The molecule has 3 rings (SSSR count). The van der Waals surface area contributed by atoms with Gasteiger partial charge < -0.3 is 9.88 Å². The third-order valence-electron chi connectivity index (χ3n) is 3.93. The van der Waals surface area contributed by atoms with Crippen LogP contribution in [-0.4, -0.2) is 25.7 Å². The summed E-state index contributed by atoms with van der Waals surface area (Å²) in [5.74, 6) is -0.167. The van der Waals surface area contributed by atoms with Crippen LogP contribution in [0.25, 0.3) is 5.69 Å². The van der Waals surface area contributed by atoms with Crippen molar-refractivity contribution in [2.75, 3.05) is 0 Å². The number of aromatic amines is 1. The fourth-order valence-corrected chi connectivity index (χ4v) is 2.58. The standard InChI is InChI=1S/C18H21N5O/c1-3-4-15-11-17(22-21-15)18(24)20-13(2)14-5-7-16(8-6-14)23-10-9-19-12-23/h5-13H,3-4H2,1-2H3,(H,20,24)(H,21,22)/t13-/m0/s1. The number of hydrogen-bond donors (Lipinski definition) is 2. The first-order chi connectivity index (χ1) is 11.7. The summed E-state index contributed by atoms with van der Waals surface area (Å²) in [4.78, 5) is 16.3. The van der Waals surface area contributed by atoms with E-state index in [1.54, 1.807) is 12.5 Å². The lowest BCUT2D eigenvalue weighted by molar-refractivity contribution is 0.0935. The summed E-state index contributed by atoms with van der Waals surface area (Å²) in [6, 6.07) is 9.75. The van der Waals surface area contributed by atoms with E-state index in [2.05, 4.69) is 27.4 Å². The molecule has 24 heavy (non-hydrogen) atoms. The lowest BCUT2D eigenvalue weighted by Gasteiger charge is -2.14. The van der Waals surface area contributed by atoms with E-state index in [1.807, 2.05) is 48.0 Å². The van der Waals surface area contributed by atoms with Crippen molar-refractivity contribution < 1.29 is 4.79 Å². The molecule has 1 amide bonds. The average molecular weight is 323 g/mol. The maximum Gasteiger partial charge on any atom is 0.272 e. The van der Waals surface area contributed by atoms with Gasteiger partial charge in [0.1, 0.15) is 5.69 Å². The second-order valence-corrected chi connectivity index (χ2v) is 5.79. The number of hydrogen-bond acceptors (Lipinski definition) is 3. The van der Waals surface area contributed by atoms with Crippen molar-refractivity contribution in [3.63, 3.8) is 0 Å². The number of benzene rings is 1. The monoisotopic (exact) mass is 323 g/mol. The first kappa shape index (κ1) is 16.0. The van der Waals surface area contributed by atoms with Crippen molar-refractivity contribution in [1.29, 1.82) is 0 Å². The number of aryl methyl sites for hydroxylation is 1. The van der Waals surface area contributed by atoms with Crippen LogP contribution in [0.5, 0.6) is 0 Å². The summed E-state index contributed by atoms with van der Waals surface area (Å²) >= 11 is 0. The molecule has 0 bridgehead atoms. The zero-order chi connectivity index (χ0) is 16.9. The predicted octanol–water partition coefficient (Wildman–Crippen LogP) is 3.04. The SMILES string of the molecule is CCCc1cc(C(=O)N[C@@H](C)c2ccc(-n3ccnc3)cc2)n[nH]1. The van der Waals surface area contributed by atoms with Crippen molar-refractivity contribution in [1.82, 2.24) is 25.1 Å². The van der Waals surface area contributed by atoms with Crippen LogP contribution in [0.15, 0.2) is 49.1 Å². The van der Waals surface area contributed by atoms with Gasteiger partial charge in [0.25, 0.3) is 5.91 Å². The van der Waals surface area contributed by atoms with Crippen molar-refractivity contribution in [2.24, 2.45) is 0 Å². The molecular formula is C18H21N5O. The first-order valence-electron chi connectivity index (χ1n) is 8.11. The van der Waals surface area contributed by atoms with E-state index in [9.17, 15) is 4.79 Å². The molecule has 3 aromatic rings. The lowest BCUT2D eigenvalue weighted by Crippen LogP contribution is -2.26. The smallest absolute Gasteiger partial charge is 0.272 e. The Balaban J connectivity index is 1.65. The molecule has 0 saturated heterocycles. The van der Waals surface area contributed by atoms with Crippen LogP contribution in [0.1, 0.15) is 48.1 Å². The Morgan fingerprint density at radius 1 is 1.33 bits per heavy atom. The molecule has 6 nitrogen and oxygen atoms in total. The molecule has 124 valence electrons. The number of imidazole rings is 1. The van der Waals surface area contributed by atoms with Crippen LogP contribution in [0, 0.1) is 0 Å². The molecule has 1 atom stereocenters. The first-order valence-corrected chi connectivity index (χ1v) is 8.11. The minimum absolute atomic E-state index is 0.0966. The molecule has 1 aromatic carbocycles. The number of nitrogens with zero attached hydrogens (tertiary/aromatic N) is 3. The van der Waals surface area contributed by atoms with Crippen LogP contribution in [-0.2, 0) is 6.42 Å². The molecule has 0 aliphatic carbocycles. The molecule has 0 aliphatic rings. The number of rotatable bonds is 6. The van der Waals surface area contributed by atoms with Gasteiger partial charge in [0.05, 0.1) is 12.4 Å². The molecule has 0 spiro atoms.